The van der Waals surface area contributed by atoms with Crippen LogP contribution in [0.25, 0.3) is 0 Å². The molecular formula is C20H25NO2. The lowest BCUT2D eigenvalue weighted by Crippen LogP contribution is -2.28. The second-order valence-electron chi connectivity index (χ2n) is 5.54. The fraction of sp³-hybridized carbons (Fsp3) is 0.400. The van der Waals surface area contributed by atoms with E-state index in [1.165, 1.54) is 12.8 Å². The van der Waals surface area contributed by atoms with Gasteiger partial charge in [-0.25, -0.2) is 0 Å². The molecule has 3 heteroatoms. The lowest BCUT2D eigenvalue weighted by atomic mass is 10.1. The molecule has 0 bridgehead atoms. The summed E-state index contributed by atoms with van der Waals surface area (Å²) in [6.45, 7) is 2.20. The van der Waals surface area contributed by atoms with Crippen LogP contribution >= 0.6 is 0 Å². The zero-order chi connectivity index (χ0) is 16.3. The molecule has 0 radical (unpaired) electrons. The molecule has 1 aromatic heterocycles. The highest BCUT2D eigenvalue weighted by Crippen LogP contribution is 2.20. The number of aliphatic hydroxyl groups is 1. The topological polar surface area (TPSA) is 45.4 Å². The number of benzene rings is 1. The standard InChI is InChI=1S/C20H25NO2/c1-2-3-4-5-9-13-18(20-14-10-15-23-20)21-19(16-22)17-11-7-6-8-12-17/h6-8,10-12,14-15,18-19,21-22H,2-5,16H2,1H3/t18-,19-/m0/s1. The summed E-state index contributed by atoms with van der Waals surface area (Å²) in [7, 11) is 0. The van der Waals surface area contributed by atoms with Crippen molar-refractivity contribution in [2.75, 3.05) is 6.61 Å². The Balaban J connectivity index is 2.07. The summed E-state index contributed by atoms with van der Waals surface area (Å²) in [6, 6.07) is 13.3. The highest BCUT2D eigenvalue weighted by Gasteiger charge is 2.18. The molecule has 1 aromatic carbocycles. The Morgan fingerprint density at radius 1 is 1.13 bits per heavy atom. The minimum Gasteiger partial charge on any atom is -0.467 e. The summed E-state index contributed by atoms with van der Waals surface area (Å²) in [4.78, 5) is 0. The summed E-state index contributed by atoms with van der Waals surface area (Å²) in [6.07, 6.45) is 6.07. The van der Waals surface area contributed by atoms with Crippen molar-refractivity contribution >= 4 is 0 Å². The Morgan fingerprint density at radius 2 is 1.96 bits per heavy atom. The smallest absolute Gasteiger partial charge is 0.132 e. The Labute approximate surface area is 138 Å². The van der Waals surface area contributed by atoms with Crippen LogP contribution in [0.1, 0.15) is 56.0 Å². The number of furan rings is 1. The Kier molecular flexibility index (Phi) is 7.45. The predicted octanol–water partition coefficient (Wildman–Crippen LogP) is 4.23. The van der Waals surface area contributed by atoms with Crippen molar-refractivity contribution in [3.05, 3.63) is 60.1 Å². The highest BCUT2D eigenvalue weighted by atomic mass is 16.3. The largest absolute Gasteiger partial charge is 0.467 e. The van der Waals surface area contributed by atoms with Gasteiger partial charge in [-0.2, -0.15) is 0 Å². The fourth-order valence-electron chi connectivity index (χ4n) is 2.43. The second kappa shape index (κ2) is 9.89. The molecule has 2 N–H and O–H groups in total. The first-order valence-corrected chi connectivity index (χ1v) is 8.28. The predicted molar refractivity (Wildman–Crippen MR) is 92.8 cm³/mol. The molecule has 122 valence electrons. The molecule has 1 heterocycles. The molecule has 0 saturated heterocycles. The normalized spacial score (nSPS) is 13.1. The average molecular weight is 311 g/mol. The van der Waals surface area contributed by atoms with Gasteiger partial charge in [0.25, 0.3) is 0 Å². The molecule has 3 nitrogen and oxygen atoms in total. The lowest BCUT2D eigenvalue weighted by molar-refractivity contribution is 0.236. The van der Waals surface area contributed by atoms with E-state index in [2.05, 4.69) is 24.1 Å². The molecular weight excluding hydrogens is 286 g/mol. The molecule has 23 heavy (non-hydrogen) atoms. The molecule has 0 fully saturated rings. The van der Waals surface area contributed by atoms with E-state index in [0.29, 0.717) is 0 Å². The monoisotopic (exact) mass is 311 g/mol. The zero-order valence-corrected chi connectivity index (χ0v) is 13.7. The maximum atomic E-state index is 9.73. The summed E-state index contributed by atoms with van der Waals surface area (Å²) in [5.74, 6) is 7.26. The maximum Gasteiger partial charge on any atom is 0.132 e. The molecule has 0 amide bonds. The van der Waals surface area contributed by atoms with E-state index in [9.17, 15) is 5.11 Å². The van der Waals surface area contributed by atoms with Gasteiger partial charge in [0.05, 0.1) is 18.9 Å². The van der Waals surface area contributed by atoms with Gasteiger partial charge >= 0.3 is 0 Å². The van der Waals surface area contributed by atoms with Crippen LogP contribution in [0.3, 0.4) is 0 Å². The first-order chi connectivity index (χ1) is 11.3. The number of nitrogens with one attached hydrogen (secondary N) is 1. The van der Waals surface area contributed by atoms with E-state index in [1.54, 1.807) is 6.26 Å². The van der Waals surface area contributed by atoms with Crippen molar-refractivity contribution in [1.82, 2.24) is 5.32 Å². The van der Waals surface area contributed by atoms with Gasteiger partial charge in [-0.3, -0.25) is 5.32 Å². The van der Waals surface area contributed by atoms with Crippen molar-refractivity contribution in [3.63, 3.8) is 0 Å². The van der Waals surface area contributed by atoms with E-state index in [0.717, 1.165) is 24.2 Å². The van der Waals surface area contributed by atoms with Crippen molar-refractivity contribution in [1.29, 1.82) is 0 Å². The number of aliphatic hydroxyl groups excluding tert-OH is 1. The molecule has 0 unspecified atom stereocenters. The van der Waals surface area contributed by atoms with Crippen LogP contribution in [0.2, 0.25) is 0 Å². The van der Waals surface area contributed by atoms with Crippen LogP contribution in [0.5, 0.6) is 0 Å². The minimum atomic E-state index is -0.219. The Bertz CT molecular complexity index is 596. The second-order valence-corrected chi connectivity index (χ2v) is 5.54. The fourth-order valence-corrected chi connectivity index (χ4v) is 2.43. The number of hydrogen-bond donors (Lipinski definition) is 2. The van der Waals surface area contributed by atoms with E-state index in [1.807, 2.05) is 42.5 Å². The van der Waals surface area contributed by atoms with Crippen LogP contribution in [0.15, 0.2) is 53.1 Å². The van der Waals surface area contributed by atoms with Gasteiger partial charge in [-0.15, -0.1) is 5.92 Å². The Morgan fingerprint density at radius 3 is 2.61 bits per heavy atom. The summed E-state index contributed by atoms with van der Waals surface area (Å²) in [5.41, 5.74) is 1.04. The van der Waals surface area contributed by atoms with Crippen LogP contribution in [0.4, 0.5) is 0 Å². The lowest BCUT2D eigenvalue weighted by Gasteiger charge is -2.20. The van der Waals surface area contributed by atoms with Gasteiger partial charge in [0.2, 0.25) is 0 Å². The molecule has 0 spiro atoms. The first kappa shape index (κ1) is 17.3. The van der Waals surface area contributed by atoms with Gasteiger partial charge in [0, 0.05) is 6.42 Å². The molecule has 2 atom stereocenters. The van der Waals surface area contributed by atoms with E-state index in [4.69, 9.17) is 4.42 Å². The maximum absolute atomic E-state index is 9.73. The van der Waals surface area contributed by atoms with Crippen LogP contribution < -0.4 is 5.32 Å². The zero-order valence-electron chi connectivity index (χ0n) is 13.7. The van der Waals surface area contributed by atoms with Gasteiger partial charge in [0.15, 0.2) is 0 Å². The summed E-state index contributed by atoms with van der Waals surface area (Å²) >= 11 is 0. The molecule has 0 aliphatic heterocycles. The molecule has 2 aromatic rings. The van der Waals surface area contributed by atoms with Crippen LogP contribution in [-0.4, -0.2) is 11.7 Å². The SMILES string of the molecule is CCCCCC#C[C@H](N[C@@H](CO)c1ccccc1)c1ccco1. The molecule has 0 aliphatic carbocycles. The molecule has 0 aliphatic rings. The quantitative estimate of drug-likeness (QED) is 0.566. The number of rotatable bonds is 8. The third-order valence-electron chi connectivity index (χ3n) is 3.73. The average Bonchev–Trinajstić information content (AvgIpc) is 3.13. The van der Waals surface area contributed by atoms with Crippen molar-refractivity contribution in [2.24, 2.45) is 0 Å². The van der Waals surface area contributed by atoms with E-state index < -0.39 is 0 Å². The molecule has 2 rings (SSSR count). The van der Waals surface area contributed by atoms with Gasteiger partial charge in [-0.05, 0) is 24.1 Å². The van der Waals surface area contributed by atoms with E-state index >= 15 is 0 Å². The summed E-state index contributed by atoms with van der Waals surface area (Å²) < 4.78 is 5.51. The first-order valence-electron chi connectivity index (χ1n) is 8.28. The number of unbranched alkanes of at least 4 members (excludes halogenated alkanes) is 3. The highest BCUT2D eigenvalue weighted by molar-refractivity contribution is 5.23. The van der Waals surface area contributed by atoms with Crippen LogP contribution in [0, 0.1) is 11.8 Å². The Hall–Kier alpha value is -2.02. The van der Waals surface area contributed by atoms with Crippen molar-refractivity contribution in [2.45, 2.75) is 44.7 Å². The van der Waals surface area contributed by atoms with Gasteiger partial charge < -0.3 is 9.52 Å². The number of hydrogen-bond acceptors (Lipinski definition) is 3. The van der Waals surface area contributed by atoms with Gasteiger partial charge in [0.1, 0.15) is 11.8 Å². The van der Waals surface area contributed by atoms with Crippen molar-refractivity contribution in [3.8, 4) is 11.8 Å². The van der Waals surface area contributed by atoms with E-state index in [-0.39, 0.29) is 18.7 Å². The summed E-state index contributed by atoms with van der Waals surface area (Å²) in [5, 5.41) is 13.1. The third kappa shape index (κ3) is 5.59. The van der Waals surface area contributed by atoms with Crippen molar-refractivity contribution < 1.29 is 9.52 Å². The van der Waals surface area contributed by atoms with Crippen LogP contribution in [-0.2, 0) is 0 Å². The van der Waals surface area contributed by atoms with Gasteiger partial charge in [-0.1, -0.05) is 56.0 Å². The third-order valence-corrected chi connectivity index (χ3v) is 3.73. The minimum absolute atomic E-state index is 0.0126. The molecule has 0 saturated carbocycles.